The third kappa shape index (κ3) is 3.21. The van der Waals surface area contributed by atoms with Crippen LogP contribution in [0.25, 0.3) is 0 Å². The Balaban J connectivity index is 2.04. The number of hydrogen-bond donors (Lipinski definition) is 1. The van der Waals surface area contributed by atoms with Crippen LogP contribution in [0.4, 0.5) is 0 Å². The van der Waals surface area contributed by atoms with Crippen LogP contribution in [-0.2, 0) is 4.74 Å². The molecule has 2 heterocycles. The molecule has 0 aromatic rings. The van der Waals surface area contributed by atoms with Crippen molar-refractivity contribution < 1.29 is 4.74 Å². The third-order valence-corrected chi connectivity index (χ3v) is 3.92. The zero-order valence-corrected chi connectivity index (χ0v) is 11.1. The zero-order chi connectivity index (χ0) is 12.3. The van der Waals surface area contributed by atoms with Gasteiger partial charge in [-0.05, 0) is 52.0 Å². The summed E-state index contributed by atoms with van der Waals surface area (Å²) in [6.07, 6.45) is 5.32. The van der Waals surface area contributed by atoms with Crippen molar-refractivity contribution in [3.05, 3.63) is 11.8 Å². The van der Waals surface area contributed by atoms with Gasteiger partial charge >= 0.3 is 0 Å². The van der Waals surface area contributed by atoms with Crippen LogP contribution >= 0.6 is 0 Å². The Morgan fingerprint density at radius 3 is 2.88 bits per heavy atom. The Kier molecular flexibility index (Phi) is 4.42. The highest BCUT2D eigenvalue weighted by Gasteiger charge is 2.28. The molecule has 0 aliphatic carbocycles. The van der Waals surface area contributed by atoms with Crippen LogP contribution in [0.2, 0.25) is 0 Å². The predicted octanol–water partition coefficient (Wildman–Crippen LogP) is 0.644. The van der Waals surface area contributed by atoms with E-state index in [2.05, 4.69) is 23.9 Å². The van der Waals surface area contributed by atoms with Crippen LogP contribution in [0.1, 0.15) is 19.3 Å². The highest BCUT2D eigenvalue weighted by molar-refractivity contribution is 5.13. The largest absolute Gasteiger partial charge is 0.501 e. The second-order valence-electron chi connectivity index (χ2n) is 5.36. The Bertz CT molecular complexity index is 280. The smallest absolute Gasteiger partial charge is 0.0876 e. The molecular weight excluding hydrogens is 214 g/mol. The molecule has 2 rings (SSSR count). The molecule has 2 aliphatic rings. The fourth-order valence-corrected chi connectivity index (χ4v) is 2.77. The molecule has 2 aliphatic heterocycles. The van der Waals surface area contributed by atoms with E-state index in [-0.39, 0.29) is 6.04 Å². The molecular formula is C13H25N3O. The summed E-state index contributed by atoms with van der Waals surface area (Å²) in [6, 6.07) is 0.524. The second kappa shape index (κ2) is 5.85. The van der Waals surface area contributed by atoms with Crippen LogP contribution < -0.4 is 5.73 Å². The summed E-state index contributed by atoms with van der Waals surface area (Å²) >= 11 is 0. The lowest BCUT2D eigenvalue weighted by Gasteiger charge is -2.34. The van der Waals surface area contributed by atoms with Crippen molar-refractivity contribution >= 4 is 0 Å². The summed E-state index contributed by atoms with van der Waals surface area (Å²) in [5.41, 5.74) is 7.71. The molecule has 0 aromatic heterocycles. The molecule has 17 heavy (non-hydrogen) atoms. The number of ether oxygens (including phenoxy) is 1. The van der Waals surface area contributed by atoms with Crippen LogP contribution in [0.3, 0.4) is 0 Å². The standard InChI is InChI=1S/C13H25N3O/c1-15-6-4-7-16(2)12(9-15)13(14)11-5-3-8-17-10-11/h10,12-13H,3-9,14H2,1-2H3. The molecule has 0 radical (unpaired) electrons. The molecule has 0 saturated carbocycles. The van der Waals surface area contributed by atoms with E-state index in [9.17, 15) is 0 Å². The normalized spacial score (nSPS) is 30.3. The molecule has 0 bridgehead atoms. The third-order valence-electron chi connectivity index (χ3n) is 3.92. The SMILES string of the molecule is CN1CCCN(C)C(C(N)C2=COCCC2)C1. The minimum atomic E-state index is 0.112. The minimum Gasteiger partial charge on any atom is -0.501 e. The number of nitrogens with two attached hydrogens (primary N) is 1. The van der Waals surface area contributed by atoms with Gasteiger partial charge in [0.05, 0.1) is 12.9 Å². The van der Waals surface area contributed by atoms with Gasteiger partial charge in [-0.3, -0.25) is 0 Å². The molecule has 1 fully saturated rings. The van der Waals surface area contributed by atoms with Crippen molar-refractivity contribution in [3.8, 4) is 0 Å². The van der Waals surface area contributed by atoms with Gasteiger partial charge in [0.2, 0.25) is 0 Å². The Morgan fingerprint density at radius 2 is 2.18 bits per heavy atom. The summed E-state index contributed by atoms with van der Waals surface area (Å²) in [4.78, 5) is 4.79. The molecule has 98 valence electrons. The molecule has 4 nitrogen and oxygen atoms in total. The summed E-state index contributed by atoms with van der Waals surface area (Å²) in [6.45, 7) is 4.20. The van der Waals surface area contributed by atoms with E-state index in [0.29, 0.717) is 6.04 Å². The average molecular weight is 239 g/mol. The van der Waals surface area contributed by atoms with Gasteiger partial charge in [-0.1, -0.05) is 0 Å². The first-order valence-electron chi connectivity index (χ1n) is 6.63. The second-order valence-corrected chi connectivity index (χ2v) is 5.36. The molecule has 0 amide bonds. The Morgan fingerprint density at radius 1 is 1.35 bits per heavy atom. The lowest BCUT2D eigenvalue weighted by molar-refractivity contribution is 0.186. The number of rotatable bonds is 2. The highest BCUT2D eigenvalue weighted by Crippen LogP contribution is 2.20. The van der Waals surface area contributed by atoms with Gasteiger partial charge in [0.15, 0.2) is 0 Å². The predicted molar refractivity (Wildman–Crippen MR) is 69.8 cm³/mol. The number of likely N-dealkylation sites (N-methyl/N-ethyl adjacent to an activating group) is 2. The van der Waals surface area contributed by atoms with Crippen molar-refractivity contribution in [1.29, 1.82) is 0 Å². The van der Waals surface area contributed by atoms with Gasteiger partial charge < -0.3 is 20.3 Å². The van der Waals surface area contributed by atoms with E-state index in [1.807, 2.05) is 6.26 Å². The molecule has 2 atom stereocenters. The van der Waals surface area contributed by atoms with Crippen LogP contribution in [0.15, 0.2) is 11.8 Å². The lowest BCUT2D eigenvalue weighted by Crippen LogP contribution is -2.51. The van der Waals surface area contributed by atoms with Crippen molar-refractivity contribution in [2.24, 2.45) is 5.73 Å². The van der Waals surface area contributed by atoms with Gasteiger partial charge in [0.1, 0.15) is 0 Å². The fraction of sp³-hybridized carbons (Fsp3) is 0.846. The van der Waals surface area contributed by atoms with Crippen molar-refractivity contribution in [3.63, 3.8) is 0 Å². The van der Waals surface area contributed by atoms with Crippen LogP contribution in [-0.4, -0.2) is 62.2 Å². The molecule has 1 saturated heterocycles. The molecule has 4 heteroatoms. The maximum Gasteiger partial charge on any atom is 0.0876 e. The van der Waals surface area contributed by atoms with Crippen LogP contribution in [0, 0.1) is 0 Å². The van der Waals surface area contributed by atoms with E-state index in [1.165, 1.54) is 18.5 Å². The van der Waals surface area contributed by atoms with E-state index < -0.39 is 0 Å². The number of hydrogen-bond acceptors (Lipinski definition) is 4. The summed E-state index contributed by atoms with van der Waals surface area (Å²) < 4.78 is 5.41. The van der Waals surface area contributed by atoms with Crippen molar-refractivity contribution in [1.82, 2.24) is 9.80 Å². The quantitative estimate of drug-likeness (QED) is 0.768. The van der Waals surface area contributed by atoms with Gasteiger partial charge in [-0.15, -0.1) is 0 Å². The number of nitrogens with zero attached hydrogens (tertiary/aromatic N) is 2. The maximum atomic E-state index is 6.43. The highest BCUT2D eigenvalue weighted by atomic mass is 16.5. The van der Waals surface area contributed by atoms with Crippen molar-refractivity contribution in [2.75, 3.05) is 40.3 Å². The molecule has 2 N–H and O–H groups in total. The van der Waals surface area contributed by atoms with Gasteiger partial charge in [-0.25, -0.2) is 0 Å². The van der Waals surface area contributed by atoms with E-state index in [0.717, 1.165) is 32.5 Å². The first kappa shape index (κ1) is 12.9. The first-order chi connectivity index (χ1) is 8.18. The minimum absolute atomic E-state index is 0.112. The van der Waals surface area contributed by atoms with Gasteiger partial charge in [0.25, 0.3) is 0 Å². The van der Waals surface area contributed by atoms with Crippen molar-refractivity contribution in [2.45, 2.75) is 31.3 Å². The summed E-state index contributed by atoms with van der Waals surface area (Å²) in [5.74, 6) is 0. The lowest BCUT2D eigenvalue weighted by atomic mass is 9.95. The molecule has 2 unspecified atom stereocenters. The first-order valence-corrected chi connectivity index (χ1v) is 6.63. The topological polar surface area (TPSA) is 41.7 Å². The van der Waals surface area contributed by atoms with E-state index >= 15 is 0 Å². The van der Waals surface area contributed by atoms with Gasteiger partial charge in [-0.2, -0.15) is 0 Å². The maximum absolute atomic E-state index is 6.43. The summed E-state index contributed by atoms with van der Waals surface area (Å²) in [7, 11) is 4.37. The monoisotopic (exact) mass is 239 g/mol. The summed E-state index contributed by atoms with van der Waals surface area (Å²) in [5, 5.41) is 0. The van der Waals surface area contributed by atoms with E-state index in [4.69, 9.17) is 10.5 Å². The van der Waals surface area contributed by atoms with Crippen LogP contribution in [0.5, 0.6) is 0 Å². The molecule has 0 aromatic carbocycles. The molecule has 0 spiro atoms. The fourth-order valence-electron chi connectivity index (χ4n) is 2.77. The van der Waals surface area contributed by atoms with E-state index in [1.54, 1.807) is 0 Å². The Hall–Kier alpha value is -0.580. The Labute approximate surface area is 104 Å². The zero-order valence-electron chi connectivity index (χ0n) is 11.1. The van der Waals surface area contributed by atoms with Gasteiger partial charge in [0, 0.05) is 18.6 Å². The average Bonchev–Trinajstić information content (AvgIpc) is 2.51.